The van der Waals surface area contributed by atoms with Crippen molar-refractivity contribution in [3.8, 4) is 0 Å². The van der Waals surface area contributed by atoms with Crippen molar-refractivity contribution in [1.29, 1.82) is 0 Å². The summed E-state index contributed by atoms with van der Waals surface area (Å²) >= 11 is 0. The first-order valence-corrected chi connectivity index (χ1v) is 5.76. The molecule has 0 radical (unpaired) electrons. The molecular weight excluding hydrogens is 192 g/mol. The summed E-state index contributed by atoms with van der Waals surface area (Å²) in [6.07, 6.45) is 7.35. The first-order chi connectivity index (χ1) is 7.35. The third-order valence-corrected chi connectivity index (χ3v) is 3.74. The molecule has 0 spiro atoms. The van der Waals surface area contributed by atoms with Crippen LogP contribution in [-0.4, -0.2) is 21.8 Å². The van der Waals surface area contributed by atoms with E-state index in [9.17, 15) is 0 Å². The average Bonchev–Trinajstić information content (AvgIpc) is 2.87. The third kappa shape index (κ3) is 2.13. The highest BCUT2D eigenvalue weighted by Crippen LogP contribution is 2.34. The normalized spacial score (nSPS) is 36.8. The largest absolute Gasteiger partial charge is 0.411 e. The summed E-state index contributed by atoms with van der Waals surface area (Å²) in [5.41, 5.74) is 1.89. The zero-order chi connectivity index (χ0) is 10.7. The second kappa shape index (κ2) is 4.64. The fourth-order valence-corrected chi connectivity index (χ4v) is 2.92. The molecule has 0 aromatic carbocycles. The van der Waals surface area contributed by atoms with Gasteiger partial charge in [0.15, 0.2) is 0 Å². The molecule has 0 amide bonds. The molecule has 2 saturated carbocycles. The van der Waals surface area contributed by atoms with Gasteiger partial charge in [0.2, 0.25) is 0 Å². The van der Waals surface area contributed by atoms with Crippen LogP contribution in [0.1, 0.15) is 44.9 Å². The zero-order valence-electron chi connectivity index (χ0n) is 8.89. The summed E-state index contributed by atoms with van der Waals surface area (Å²) in [5, 5.41) is 24.4. The first kappa shape index (κ1) is 10.5. The van der Waals surface area contributed by atoms with Gasteiger partial charge in [-0.1, -0.05) is 10.3 Å². The van der Waals surface area contributed by atoms with Gasteiger partial charge in [0.05, 0.1) is 11.4 Å². The van der Waals surface area contributed by atoms with E-state index in [1.807, 2.05) is 0 Å². The molecule has 0 aromatic heterocycles. The average molecular weight is 210 g/mol. The van der Waals surface area contributed by atoms with Crippen molar-refractivity contribution >= 4 is 11.4 Å². The Balaban J connectivity index is 1.96. The number of hydrogen-bond acceptors (Lipinski definition) is 4. The van der Waals surface area contributed by atoms with E-state index in [0.29, 0.717) is 11.8 Å². The summed E-state index contributed by atoms with van der Waals surface area (Å²) in [7, 11) is 0. The predicted molar refractivity (Wildman–Crippen MR) is 57.7 cm³/mol. The van der Waals surface area contributed by atoms with Gasteiger partial charge in [0.25, 0.3) is 0 Å². The maximum absolute atomic E-state index is 8.84. The SMILES string of the molecule is O/N=C1\CCCC1CC1CCC/C1=N\O. The summed E-state index contributed by atoms with van der Waals surface area (Å²) in [4.78, 5) is 0. The standard InChI is InChI=1S/C11H18N2O2/c14-12-10-5-1-3-8(10)7-9-4-2-6-11(9)13-15/h8-9,14-15H,1-7H2/b12-10+,13-11+. The maximum atomic E-state index is 8.84. The second-order valence-corrected chi connectivity index (χ2v) is 4.60. The minimum absolute atomic E-state index is 0.412. The minimum Gasteiger partial charge on any atom is -0.411 e. The molecule has 2 unspecified atom stereocenters. The molecule has 2 N–H and O–H groups in total. The molecule has 0 heterocycles. The molecule has 0 aliphatic heterocycles. The number of oxime groups is 2. The van der Waals surface area contributed by atoms with Crippen molar-refractivity contribution in [2.45, 2.75) is 44.9 Å². The molecule has 0 bridgehead atoms. The van der Waals surface area contributed by atoms with E-state index < -0.39 is 0 Å². The Labute approximate surface area is 89.7 Å². The van der Waals surface area contributed by atoms with E-state index in [1.54, 1.807) is 0 Å². The Morgan fingerprint density at radius 2 is 1.40 bits per heavy atom. The smallest absolute Gasteiger partial charge is 0.0601 e. The van der Waals surface area contributed by atoms with Gasteiger partial charge in [-0.25, -0.2) is 0 Å². The van der Waals surface area contributed by atoms with Crippen LogP contribution in [0.25, 0.3) is 0 Å². The van der Waals surface area contributed by atoms with Crippen LogP contribution in [0.4, 0.5) is 0 Å². The van der Waals surface area contributed by atoms with Gasteiger partial charge in [0.1, 0.15) is 0 Å². The molecule has 2 aliphatic carbocycles. The van der Waals surface area contributed by atoms with Gasteiger partial charge in [-0.3, -0.25) is 0 Å². The molecule has 2 aliphatic rings. The van der Waals surface area contributed by atoms with Gasteiger partial charge in [-0.05, 0) is 44.9 Å². The van der Waals surface area contributed by atoms with E-state index in [-0.39, 0.29) is 0 Å². The predicted octanol–water partition coefficient (Wildman–Crippen LogP) is 2.64. The van der Waals surface area contributed by atoms with Crippen molar-refractivity contribution in [1.82, 2.24) is 0 Å². The summed E-state index contributed by atoms with van der Waals surface area (Å²) in [6, 6.07) is 0. The maximum Gasteiger partial charge on any atom is 0.0601 e. The summed E-state index contributed by atoms with van der Waals surface area (Å²) < 4.78 is 0. The number of hydrogen-bond donors (Lipinski definition) is 2. The molecule has 4 heteroatoms. The lowest BCUT2D eigenvalue weighted by atomic mass is 9.90. The molecule has 2 rings (SSSR count). The van der Waals surface area contributed by atoms with Gasteiger partial charge >= 0.3 is 0 Å². The van der Waals surface area contributed by atoms with Crippen molar-refractivity contribution in [3.05, 3.63) is 0 Å². The molecule has 15 heavy (non-hydrogen) atoms. The molecule has 2 atom stereocenters. The van der Waals surface area contributed by atoms with E-state index in [4.69, 9.17) is 10.4 Å². The highest BCUT2D eigenvalue weighted by molar-refractivity contribution is 5.91. The van der Waals surface area contributed by atoms with Gasteiger partial charge in [-0.2, -0.15) is 0 Å². The zero-order valence-corrected chi connectivity index (χ0v) is 8.89. The number of rotatable bonds is 2. The Kier molecular flexibility index (Phi) is 3.23. The summed E-state index contributed by atoms with van der Waals surface area (Å²) in [6.45, 7) is 0. The van der Waals surface area contributed by atoms with Crippen LogP contribution < -0.4 is 0 Å². The van der Waals surface area contributed by atoms with Crippen LogP contribution in [0.3, 0.4) is 0 Å². The molecule has 0 saturated heterocycles. The van der Waals surface area contributed by atoms with Crippen molar-refractivity contribution < 1.29 is 10.4 Å². The van der Waals surface area contributed by atoms with Crippen LogP contribution in [0, 0.1) is 11.8 Å². The van der Waals surface area contributed by atoms with Crippen molar-refractivity contribution in [2.75, 3.05) is 0 Å². The Morgan fingerprint density at radius 3 is 1.80 bits per heavy atom. The first-order valence-electron chi connectivity index (χ1n) is 5.76. The lowest BCUT2D eigenvalue weighted by molar-refractivity contribution is 0.310. The van der Waals surface area contributed by atoms with Crippen LogP contribution >= 0.6 is 0 Å². The van der Waals surface area contributed by atoms with E-state index in [0.717, 1.165) is 56.4 Å². The van der Waals surface area contributed by atoms with Crippen molar-refractivity contribution in [2.24, 2.45) is 22.1 Å². The Morgan fingerprint density at radius 1 is 0.933 bits per heavy atom. The highest BCUT2D eigenvalue weighted by Gasteiger charge is 2.30. The molecule has 84 valence electrons. The fourth-order valence-electron chi connectivity index (χ4n) is 2.92. The van der Waals surface area contributed by atoms with Gasteiger partial charge in [0, 0.05) is 11.8 Å². The van der Waals surface area contributed by atoms with E-state index in [2.05, 4.69) is 10.3 Å². The molecule has 4 nitrogen and oxygen atoms in total. The summed E-state index contributed by atoms with van der Waals surface area (Å²) in [5.74, 6) is 0.824. The lowest BCUT2D eigenvalue weighted by Crippen LogP contribution is -2.16. The van der Waals surface area contributed by atoms with Crippen molar-refractivity contribution in [3.63, 3.8) is 0 Å². The van der Waals surface area contributed by atoms with Crippen LogP contribution in [0.15, 0.2) is 10.3 Å². The van der Waals surface area contributed by atoms with Gasteiger partial charge < -0.3 is 10.4 Å². The Bertz CT molecular complexity index is 258. The lowest BCUT2D eigenvalue weighted by Gasteiger charge is -2.15. The van der Waals surface area contributed by atoms with E-state index in [1.165, 1.54) is 0 Å². The quantitative estimate of drug-likeness (QED) is 0.543. The Hall–Kier alpha value is -1.06. The van der Waals surface area contributed by atoms with E-state index >= 15 is 0 Å². The fraction of sp³-hybridized carbons (Fsp3) is 0.818. The van der Waals surface area contributed by atoms with Gasteiger partial charge in [-0.15, -0.1) is 0 Å². The molecule has 0 aromatic rings. The highest BCUT2D eigenvalue weighted by atomic mass is 16.4. The van der Waals surface area contributed by atoms with Crippen LogP contribution in [0.2, 0.25) is 0 Å². The van der Waals surface area contributed by atoms with Crippen LogP contribution in [-0.2, 0) is 0 Å². The second-order valence-electron chi connectivity index (χ2n) is 4.60. The topological polar surface area (TPSA) is 65.2 Å². The minimum atomic E-state index is 0.412. The molecule has 2 fully saturated rings. The van der Waals surface area contributed by atoms with Crippen LogP contribution in [0.5, 0.6) is 0 Å². The number of nitrogens with zero attached hydrogens (tertiary/aromatic N) is 2. The third-order valence-electron chi connectivity index (χ3n) is 3.74. The molecular formula is C11H18N2O2. The monoisotopic (exact) mass is 210 g/mol.